The number of ether oxygens (including phenoxy) is 1. The van der Waals surface area contributed by atoms with Gasteiger partial charge in [0, 0.05) is 74.4 Å². The molecule has 0 bridgehead atoms. The number of rotatable bonds is 17. The highest BCUT2D eigenvalue weighted by Gasteiger charge is 2.44. The van der Waals surface area contributed by atoms with E-state index < -0.39 is 163 Å². The molecule has 4 rings (SSSR count). The standard InChI is InChI=1S/C70H118ClF3N12O13/c1-17-45(8)61-69(98)81(12)39-59(89)79(10)40-60(90)83(14)55(36-48-22-27-50(71)28-23-48)67(96)80(11)38-57(87)75-51(29-24-47-20-25-49(26-21-47)70(72,73)74)63(92)76-52(34-43(4)5)65(94)85(16)56(41-99-33-30-42(2)3)68(97)84(15)54(35-44(6)7)64(93)77-53(66(95)86-31-18-19-32-86)37-58(88)82(13)46(9)62(91)78-61/h42-56,61H,17-41H2,1-16H3,(H,75,87)(H,76,92)(H,77,93)(H,78,91)/t45-,46-,47?,48?,49?,50?,51-,52-,53-,54-,55-,56-,61-/m0/s1. The zero-order chi connectivity index (χ0) is 74.5. The Morgan fingerprint density at radius 3 is 1.69 bits per heavy atom. The van der Waals surface area contributed by atoms with Crippen LogP contribution < -0.4 is 21.3 Å². The van der Waals surface area contributed by atoms with E-state index in [1.807, 2.05) is 41.5 Å². The fourth-order valence-electron chi connectivity index (χ4n) is 13.3. The summed E-state index contributed by atoms with van der Waals surface area (Å²) in [5.41, 5.74) is 0. The molecule has 0 aromatic carbocycles. The van der Waals surface area contributed by atoms with Crippen LogP contribution in [0.3, 0.4) is 0 Å². The van der Waals surface area contributed by atoms with Gasteiger partial charge in [-0.15, -0.1) is 11.6 Å². The molecule has 9 atom stereocenters. The predicted octanol–water partition coefficient (Wildman–Crippen LogP) is 5.19. The normalized spacial score (nSPS) is 28.6. The average molecular weight is 1430 g/mol. The van der Waals surface area contributed by atoms with Gasteiger partial charge in [0.2, 0.25) is 70.9 Å². The van der Waals surface area contributed by atoms with Gasteiger partial charge in [-0.1, -0.05) is 61.8 Å². The summed E-state index contributed by atoms with van der Waals surface area (Å²) in [6.07, 6.45) is 0.436. The van der Waals surface area contributed by atoms with Gasteiger partial charge < -0.3 is 65.2 Å². The van der Waals surface area contributed by atoms with Crippen molar-refractivity contribution in [3.8, 4) is 0 Å². The Morgan fingerprint density at radius 2 is 1.12 bits per heavy atom. The van der Waals surface area contributed by atoms with E-state index in [0.29, 0.717) is 64.5 Å². The molecule has 564 valence electrons. The first-order chi connectivity index (χ1) is 46.3. The van der Waals surface area contributed by atoms with Crippen molar-refractivity contribution in [2.75, 3.05) is 95.3 Å². The van der Waals surface area contributed by atoms with Crippen molar-refractivity contribution in [3.63, 3.8) is 0 Å². The van der Waals surface area contributed by atoms with Gasteiger partial charge in [0.1, 0.15) is 48.3 Å². The van der Waals surface area contributed by atoms with Crippen LogP contribution >= 0.6 is 11.6 Å². The number of nitrogens with one attached hydrogen (secondary N) is 4. The van der Waals surface area contributed by atoms with Crippen LogP contribution in [-0.2, 0) is 62.3 Å². The quantitative estimate of drug-likeness (QED) is 0.108. The molecule has 0 spiro atoms. The Kier molecular flexibility index (Phi) is 34.2. The minimum Gasteiger partial charge on any atom is -0.379 e. The number of likely N-dealkylation sites (N-methyl/N-ethyl adjacent to an activating group) is 7. The topological polar surface area (TPSA) is 288 Å². The van der Waals surface area contributed by atoms with E-state index in [0.717, 1.165) is 24.5 Å². The Labute approximate surface area is 590 Å². The summed E-state index contributed by atoms with van der Waals surface area (Å²) in [6, 6.07) is -10.6. The van der Waals surface area contributed by atoms with E-state index in [-0.39, 0.29) is 106 Å². The van der Waals surface area contributed by atoms with E-state index in [2.05, 4.69) is 21.3 Å². The lowest BCUT2D eigenvalue weighted by Crippen LogP contribution is -2.61. The molecule has 29 heteroatoms. The fraction of sp³-hybridized carbons (Fsp3) is 0.829. The van der Waals surface area contributed by atoms with Crippen LogP contribution in [-0.4, -0.2) is 265 Å². The maximum absolute atomic E-state index is 15.3. The van der Waals surface area contributed by atoms with Gasteiger partial charge in [-0.2, -0.15) is 13.2 Å². The molecule has 0 aromatic heterocycles. The summed E-state index contributed by atoms with van der Waals surface area (Å²) < 4.78 is 47.7. The van der Waals surface area contributed by atoms with Crippen LogP contribution in [0.4, 0.5) is 13.2 Å². The van der Waals surface area contributed by atoms with Crippen LogP contribution in [0.15, 0.2) is 0 Å². The second-order valence-electron chi connectivity index (χ2n) is 29.8. The molecule has 2 heterocycles. The smallest absolute Gasteiger partial charge is 0.379 e. The molecule has 4 fully saturated rings. The van der Waals surface area contributed by atoms with Crippen LogP contribution in [0.1, 0.15) is 178 Å². The van der Waals surface area contributed by atoms with Gasteiger partial charge in [0.05, 0.1) is 38.6 Å². The van der Waals surface area contributed by atoms with Crippen molar-refractivity contribution in [3.05, 3.63) is 0 Å². The Hall–Kier alpha value is -6.32. The zero-order valence-electron chi connectivity index (χ0n) is 61.8. The number of hydrogen-bond donors (Lipinski definition) is 4. The summed E-state index contributed by atoms with van der Waals surface area (Å²) in [7, 11) is 9.61. The molecule has 0 aromatic rings. The maximum atomic E-state index is 15.3. The summed E-state index contributed by atoms with van der Waals surface area (Å²) in [5, 5.41) is 11.1. The highest BCUT2D eigenvalue weighted by Crippen LogP contribution is 2.41. The van der Waals surface area contributed by atoms with Gasteiger partial charge in [0.25, 0.3) is 0 Å². The third kappa shape index (κ3) is 25.9. The highest BCUT2D eigenvalue weighted by molar-refractivity contribution is 6.20. The van der Waals surface area contributed by atoms with Crippen molar-refractivity contribution in [1.82, 2.24) is 60.5 Å². The molecule has 2 saturated carbocycles. The van der Waals surface area contributed by atoms with Crippen LogP contribution in [0.2, 0.25) is 0 Å². The van der Waals surface area contributed by atoms with E-state index in [4.69, 9.17) is 16.3 Å². The van der Waals surface area contributed by atoms with Crippen LogP contribution in [0.25, 0.3) is 0 Å². The van der Waals surface area contributed by atoms with E-state index in [1.165, 1.54) is 71.0 Å². The van der Waals surface area contributed by atoms with E-state index in [9.17, 15) is 61.1 Å². The number of carbonyl (C=O) groups is 12. The number of nitrogens with zero attached hydrogens (tertiary/aromatic N) is 8. The van der Waals surface area contributed by atoms with Crippen molar-refractivity contribution >= 4 is 82.5 Å². The molecule has 12 amide bonds. The Bertz CT molecular complexity index is 2740. The Morgan fingerprint density at radius 1 is 0.556 bits per heavy atom. The first kappa shape index (κ1) is 85.1. The molecule has 2 aliphatic carbocycles. The third-order valence-electron chi connectivity index (χ3n) is 20.5. The first-order valence-corrected chi connectivity index (χ1v) is 36.3. The van der Waals surface area contributed by atoms with Gasteiger partial charge in [-0.05, 0) is 145 Å². The molecule has 2 aliphatic heterocycles. The predicted molar refractivity (Wildman–Crippen MR) is 369 cm³/mol. The monoisotopic (exact) mass is 1430 g/mol. The number of halogens is 4. The minimum absolute atomic E-state index is 0.0147. The third-order valence-corrected chi connectivity index (χ3v) is 20.9. The lowest BCUT2D eigenvalue weighted by atomic mass is 9.79. The van der Waals surface area contributed by atoms with Gasteiger partial charge in [-0.3, -0.25) is 57.5 Å². The van der Waals surface area contributed by atoms with Crippen LogP contribution in [0, 0.1) is 41.4 Å². The van der Waals surface area contributed by atoms with Crippen molar-refractivity contribution in [1.29, 1.82) is 0 Å². The molecule has 99 heavy (non-hydrogen) atoms. The first-order valence-electron chi connectivity index (χ1n) is 35.8. The van der Waals surface area contributed by atoms with Crippen LogP contribution in [0.5, 0.6) is 0 Å². The number of carbonyl (C=O) groups excluding carboxylic acids is 12. The Balaban J connectivity index is 1.88. The number of hydrogen-bond acceptors (Lipinski definition) is 13. The summed E-state index contributed by atoms with van der Waals surface area (Å²) >= 11 is 6.49. The molecule has 4 N–H and O–H groups in total. The average Bonchev–Trinajstić information content (AvgIpc) is 1.53. The summed E-state index contributed by atoms with van der Waals surface area (Å²) in [5.74, 6) is -11.2. The zero-order valence-corrected chi connectivity index (χ0v) is 62.6. The molecule has 0 unspecified atom stereocenters. The number of amides is 12. The lowest BCUT2D eigenvalue weighted by Gasteiger charge is -2.37. The van der Waals surface area contributed by atoms with Gasteiger partial charge in [-0.25, -0.2) is 0 Å². The number of likely N-dealkylation sites (tertiary alicyclic amines) is 1. The SMILES string of the molecule is CC[C@H](C)[C@@H]1NC(=O)[C@H](C)N(C)C(=O)C[C@@H](C(=O)N2CCCC2)NC(=O)[C@H](CC(C)C)N(C)C(=O)[C@H](COCCC(C)C)N(C)C(=O)[C@H](CC(C)C)NC(=O)[C@H](CCC2CCC(C(F)(F)F)CC2)NC(=O)CN(C)C(=O)[C@H](CC2CCC(Cl)CC2)N(C)C(=O)CN(C)C(=O)CN(C)C1=O. The van der Waals surface area contributed by atoms with Crippen molar-refractivity contribution < 1.29 is 75.4 Å². The van der Waals surface area contributed by atoms with Crippen molar-refractivity contribution in [2.45, 2.75) is 238 Å². The van der Waals surface area contributed by atoms with E-state index in [1.54, 1.807) is 13.8 Å². The summed E-state index contributed by atoms with van der Waals surface area (Å²) in [4.78, 5) is 185. The fourth-order valence-corrected chi connectivity index (χ4v) is 13.6. The second-order valence-corrected chi connectivity index (χ2v) is 30.4. The molecular weight excluding hydrogens is 1310 g/mol. The molecule has 25 nitrogen and oxygen atoms in total. The van der Waals surface area contributed by atoms with Gasteiger partial charge >= 0.3 is 6.18 Å². The summed E-state index contributed by atoms with van der Waals surface area (Å²) in [6.45, 7) is 15.0. The molecular formula is C70H118ClF3N12O13. The number of alkyl halides is 4. The molecule has 2 saturated heterocycles. The highest BCUT2D eigenvalue weighted by atomic mass is 35.5. The van der Waals surface area contributed by atoms with Crippen molar-refractivity contribution in [2.24, 2.45) is 41.4 Å². The second kappa shape index (κ2) is 39.8. The molecule has 0 radical (unpaired) electrons. The minimum atomic E-state index is -4.37. The van der Waals surface area contributed by atoms with Gasteiger partial charge in [0.15, 0.2) is 0 Å². The largest absolute Gasteiger partial charge is 0.391 e. The lowest BCUT2D eigenvalue weighted by molar-refractivity contribution is -0.184. The van der Waals surface area contributed by atoms with E-state index >= 15 is 9.59 Å². The molecule has 4 aliphatic rings. The maximum Gasteiger partial charge on any atom is 0.391 e.